The van der Waals surface area contributed by atoms with Gasteiger partial charge in [-0.2, -0.15) is 0 Å². The molecular formula is C72H59N3. The zero-order valence-electron chi connectivity index (χ0n) is 43.6. The van der Waals surface area contributed by atoms with Gasteiger partial charge in [0.05, 0.1) is 6.04 Å². The molecule has 0 fully saturated rings. The molecule has 0 N–H and O–H groups in total. The Morgan fingerprint density at radius 1 is 0.293 bits per heavy atom. The number of aryl methyl sites for hydroxylation is 5. The Morgan fingerprint density at radius 3 is 0.800 bits per heavy atom. The van der Waals surface area contributed by atoms with Crippen molar-refractivity contribution in [3.05, 3.63) is 297 Å². The van der Waals surface area contributed by atoms with Crippen molar-refractivity contribution in [1.29, 1.82) is 0 Å². The molecule has 3 heteroatoms. The van der Waals surface area contributed by atoms with Crippen LogP contribution in [0.3, 0.4) is 0 Å². The molecule has 0 saturated heterocycles. The molecule has 0 saturated carbocycles. The minimum absolute atomic E-state index is 0.215. The Labute approximate surface area is 444 Å². The molecule has 9 aromatic rings. The fraction of sp³-hybridized carbons (Fsp3) is 0.111. The van der Waals surface area contributed by atoms with Gasteiger partial charge >= 0.3 is 0 Å². The summed E-state index contributed by atoms with van der Waals surface area (Å²) in [4.78, 5) is 6.97. The first kappa shape index (κ1) is 49.1. The third-order valence-electron chi connectivity index (χ3n) is 13.5. The van der Waals surface area contributed by atoms with Crippen molar-refractivity contribution in [2.75, 3.05) is 14.7 Å². The van der Waals surface area contributed by atoms with E-state index in [2.05, 4.69) is 322 Å². The van der Waals surface area contributed by atoms with Crippen LogP contribution in [-0.2, 0) is 0 Å². The normalized spacial score (nSPS) is 12.5. The van der Waals surface area contributed by atoms with Gasteiger partial charge in [0.1, 0.15) is 0 Å². The van der Waals surface area contributed by atoms with Crippen LogP contribution in [0.1, 0.15) is 74.5 Å². The quantitative estimate of drug-likeness (QED) is 0.134. The second kappa shape index (κ2) is 22.5. The fourth-order valence-corrected chi connectivity index (χ4v) is 9.18. The number of hydrogen-bond donors (Lipinski definition) is 0. The maximum absolute atomic E-state index is 3.48. The Morgan fingerprint density at radius 2 is 0.533 bits per heavy atom. The Hall–Kier alpha value is -9.46. The highest BCUT2D eigenvalue weighted by atomic mass is 15.2. The van der Waals surface area contributed by atoms with Crippen LogP contribution in [0.4, 0.5) is 45.5 Å². The average molecular weight is 966 g/mol. The van der Waals surface area contributed by atoms with Crippen molar-refractivity contribution in [3.63, 3.8) is 0 Å². The topological polar surface area (TPSA) is 9.72 Å². The second-order valence-electron chi connectivity index (χ2n) is 19.5. The SMILES string of the molecule is CC1=CCC(N(c2ccc(C)cc2)c2ccc(C#Cc3cc(C#Cc4ccc(N(c5ccc(C)cc5)c5ccc(C)cc5)cc4)cc(C#Cc4ccc(N(c5ccc(C)cc5)c5ccc(C)cc5)cc4)c3)cc2)C=C1. The van der Waals surface area contributed by atoms with Crippen molar-refractivity contribution in [1.82, 2.24) is 0 Å². The molecule has 1 aliphatic rings. The van der Waals surface area contributed by atoms with Crippen LogP contribution in [0.25, 0.3) is 0 Å². The molecule has 75 heavy (non-hydrogen) atoms. The van der Waals surface area contributed by atoms with Gasteiger partial charge in [-0.05, 0) is 200 Å². The molecule has 0 heterocycles. The van der Waals surface area contributed by atoms with Gasteiger partial charge in [-0.3, -0.25) is 0 Å². The van der Waals surface area contributed by atoms with Crippen LogP contribution < -0.4 is 14.7 Å². The van der Waals surface area contributed by atoms with E-state index in [9.17, 15) is 0 Å². The second-order valence-corrected chi connectivity index (χ2v) is 19.5. The first-order valence-corrected chi connectivity index (χ1v) is 25.7. The van der Waals surface area contributed by atoms with Crippen LogP contribution in [0.2, 0.25) is 0 Å². The van der Waals surface area contributed by atoms with E-state index < -0.39 is 0 Å². The lowest BCUT2D eigenvalue weighted by molar-refractivity contribution is 0.779. The summed E-state index contributed by atoms with van der Waals surface area (Å²) >= 11 is 0. The molecule has 0 aromatic heterocycles. The van der Waals surface area contributed by atoms with Crippen molar-refractivity contribution in [3.8, 4) is 35.5 Å². The number of benzene rings is 9. The minimum atomic E-state index is 0.215. The van der Waals surface area contributed by atoms with Crippen molar-refractivity contribution >= 4 is 45.5 Å². The molecular weight excluding hydrogens is 907 g/mol. The van der Waals surface area contributed by atoms with Crippen LogP contribution in [0, 0.1) is 70.1 Å². The van der Waals surface area contributed by atoms with E-state index in [0.29, 0.717) is 0 Å². The van der Waals surface area contributed by atoms with Crippen LogP contribution >= 0.6 is 0 Å². The minimum Gasteiger partial charge on any atom is -0.334 e. The van der Waals surface area contributed by atoms with E-state index in [4.69, 9.17) is 0 Å². The molecule has 0 radical (unpaired) electrons. The lowest BCUT2D eigenvalue weighted by Crippen LogP contribution is -2.30. The molecule has 1 aliphatic carbocycles. The monoisotopic (exact) mass is 965 g/mol. The summed E-state index contributed by atoms with van der Waals surface area (Å²) in [5.41, 5.74) is 21.5. The van der Waals surface area contributed by atoms with Gasteiger partial charge < -0.3 is 14.7 Å². The van der Waals surface area contributed by atoms with Gasteiger partial charge in [-0.25, -0.2) is 0 Å². The molecule has 0 amide bonds. The molecule has 0 spiro atoms. The van der Waals surface area contributed by atoms with Crippen molar-refractivity contribution in [2.45, 2.75) is 54.0 Å². The summed E-state index contributed by atoms with van der Waals surface area (Å²) in [6, 6.07) is 75.3. The number of hydrogen-bond acceptors (Lipinski definition) is 3. The first-order valence-electron chi connectivity index (χ1n) is 25.7. The lowest BCUT2D eigenvalue weighted by atomic mass is 10.0. The highest BCUT2D eigenvalue weighted by molar-refractivity contribution is 5.78. The smallest absolute Gasteiger partial charge is 0.0560 e. The molecule has 10 rings (SSSR count). The number of rotatable bonds is 9. The van der Waals surface area contributed by atoms with E-state index >= 15 is 0 Å². The Kier molecular flexibility index (Phi) is 14.8. The van der Waals surface area contributed by atoms with Gasteiger partial charge in [0.25, 0.3) is 0 Å². The summed E-state index contributed by atoms with van der Waals surface area (Å²) in [5.74, 6) is 20.8. The largest absolute Gasteiger partial charge is 0.334 e. The number of allylic oxidation sites excluding steroid dienone is 2. The summed E-state index contributed by atoms with van der Waals surface area (Å²) in [6.07, 6.45) is 7.79. The van der Waals surface area contributed by atoms with Crippen LogP contribution in [0.15, 0.2) is 236 Å². The standard InChI is InChI=1S/C72H59N3/c1-52-7-31-64(32-8-52)73(65-33-9-53(2)10-34-65)70-43-25-58(26-44-70)19-22-61-49-62(23-20-59-27-45-71(46-28-59)74(66-35-11-54(3)12-36-66)67-37-13-55(4)14-38-67)51-63(50-61)24-21-60-29-47-72(48-30-60)75(68-39-15-56(5)16-40-68)69-41-17-57(6)18-42-69/h7-18,25-41,43-51,69H,42H2,1-6H3. The van der Waals surface area contributed by atoms with Gasteiger partial charge in [-0.15, -0.1) is 0 Å². The van der Waals surface area contributed by atoms with E-state index in [0.717, 1.165) is 79.6 Å². The van der Waals surface area contributed by atoms with E-state index in [1.54, 1.807) is 0 Å². The van der Waals surface area contributed by atoms with Crippen LogP contribution in [-0.4, -0.2) is 6.04 Å². The summed E-state index contributed by atoms with van der Waals surface area (Å²) < 4.78 is 0. The average Bonchev–Trinajstić information content (AvgIpc) is 3.44. The van der Waals surface area contributed by atoms with Gasteiger partial charge in [0.15, 0.2) is 0 Å². The highest BCUT2D eigenvalue weighted by Gasteiger charge is 2.20. The third kappa shape index (κ3) is 12.3. The van der Waals surface area contributed by atoms with Gasteiger partial charge in [-0.1, -0.05) is 148 Å². The summed E-state index contributed by atoms with van der Waals surface area (Å²) in [5, 5.41) is 0. The molecule has 1 atom stereocenters. The summed E-state index contributed by atoms with van der Waals surface area (Å²) in [6.45, 7) is 12.8. The fourth-order valence-electron chi connectivity index (χ4n) is 9.18. The van der Waals surface area contributed by atoms with Gasteiger partial charge in [0.2, 0.25) is 0 Å². The Bertz CT molecular complexity index is 3430. The predicted molar refractivity (Wildman–Crippen MR) is 317 cm³/mol. The maximum atomic E-state index is 3.48. The van der Waals surface area contributed by atoms with Crippen molar-refractivity contribution < 1.29 is 0 Å². The predicted octanol–water partition coefficient (Wildman–Crippen LogP) is 17.8. The van der Waals surface area contributed by atoms with Crippen LogP contribution in [0.5, 0.6) is 0 Å². The highest BCUT2D eigenvalue weighted by Crippen LogP contribution is 2.37. The lowest BCUT2D eigenvalue weighted by Gasteiger charge is -2.33. The molecule has 0 bridgehead atoms. The third-order valence-corrected chi connectivity index (χ3v) is 13.5. The maximum Gasteiger partial charge on any atom is 0.0560 e. The Balaban J connectivity index is 0.963. The van der Waals surface area contributed by atoms with Crippen molar-refractivity contribution in [2.24, 2.45) is 0 Å². The molecule has 1 unspecified atom stereocenters. The summed E-state index contributed by atoms with van der Waals surface area (Å²) in [7, 11) is 0. The first-order chi connectivity index (χ1) is 36.6. The molecule has 0 aliphatic heterocycles. The molecule has 9 aromatic carbocycles. The molecule has 3 nitrogen and oxygen atoms in total. The zero-order chi connectivity index (χ0) is 51.7. The van der Waals surface area contributed by atoms with E-state index in [1.165, 1.54) is 39.1 Å². The molecule has 362 valence electrons. The number of anilines is 8. The van der Waals surface area contributed by atoms with E-state index in [-0.39, 0.29) is 6.04 Å². The zero-order valence-corrected chi connectivity index (χ0v) is 43.6. The van der Waals surface area contributed by atoms with Gasteiger partial charge in [0, 0.05) is 78.9 Å². The number of nitrogens with zero attached hydrogens (tertiary/aromatic N) is 3. The van der Waals surface area contributed by atoms with E-state index in [1.807, 2.05) is 0 Å².